The predicted octanol–water partition coefficient (Wildman–Crippen LogP) is 3.61. The Bertz CT molecular complexity index is 1030. The fourth-order valence-electron chi connectivity index (χ4n) is 3.25. The van der Waals surface area contributed by atoms with Crippen LogP contribution in [0.15, 0.2) is 66.9 Å². The van der Waals surface area contributed by atoms with E-state index in [0.29, 0.717) is 23.7 Å². The molecule has 28 heavy (non-hydrogen) atoms. The molecule has 138 valence electrons. The van der Waals surface area contributed by atoms with Gasteiger partial charge in [-0.25, -0.2) is 0 Å². The summed E-state index contributed by atoms with van der Waals surface area (Å²) in [5, 5.41) is 7.05. The normalized spacial score (nSPS) is 14.6. The van der Waals surface area contributed by atoms with E-state index in [1.165, 1.54) is 0 Å². The van der Waals surface area contributed by atoms with Gasteiger partial charge in [-0.3, -0.25) is 9.78 Å². The topological polar surface area (TPSA) is 54.0 Å². The molecule has 0 radical (unpaired) electrons. The van der Waals surface area contributed by atoms with Gasteiger partial charge in [0.15, 0.2) is 0 Å². The van der Waals surface area contributed by atoms with Crippen molar-refractivity contribution in [2.24, 2.45) is 0 Å². The van der Waals surface area contributed by atoms with Crippen LogP contribution < -0.4 is 10.6 Å². The average molecular weight is 388 g/mol. The largest absolute Gasteiger partial charge is 0.340 e. The Morgan fingerprint density at radius 3 is 2.32 bits per heavy atom. The van der Waals surface area contributed by atoms with Gasteiger partial charge in [0, 0.05) is 36.0 Å². The van der Waals surface area contributed by atoms with Gasteiger partial charge >= 0.3 is 0 Å². The summed E-state index contributed by atoms with van der Waals surface area (Å²) in [6.07, 6.45) is 7.01. The molecule has 1 fully saturated rings. The van der Waals surface area contributed by atoms with Crippen LogP contribution in [0.25, 0.3) is 11.3 Å². The van der Waals surface area contributed by atoms with Crippen molar-refractivity contribution in [1.29, 1.82) is 0 Å². The zero-order chi connectivity index (χ0) is 19.6. The molecule has 0 aliphatic carbocycles. The molecular weight excluding hydrogens is 370 g/mol. The van der Waals surface area contributed by atoms with Crippen molar-refractivity contribution in [2.45, 2.75) is 5.54 Å². The van der Waals surface area contributed by atoms with E-state index in [1.54, 1.807) is 30.5 Å². The molecule has 0 atom stereocenters. The molecule has 3 aromatic rings. The number of hydrogen-bond acceptors (Lipinski definition) is 3. The molecule has 5 heteroatoms. The van der Waals surface area contributed by atoms with Crippen LogP contribution in [0.2, 0.25) is 5.02 Å². The molecule has 1 amide bonds. The van der Waals surface area contributed by atoms with Gasteiger partial charge < -0.3 is 10.6 Å². The summed E-state index contributed by atoms with van der Waals surface area (Å²) in [6.45, 7) is 1.36. The van der Waals surface area contributed by atoms with Crippen LogP contribution in [0.4, 0.5) is 0 Å². The molecule has 1 aromatic heterocycles. The molecule has 0 bridgehead atoms. The molecule has 0 spiro atoms. The number of terminal acetylenes is 1. The van der Waals surface area contributed by atoms with Crippen LogP contribution in [0.1, 0.15) is 21.5 Å². The number of amides is 1. The minimum Gasteiger partial charge on any atom is -0.340 e. The van der Waals surface area contributed by atoms with Crippen molar-refractivity contribution in [3.63, 3.8) is 0 Å². The van der Waals surface area contributed by atoms with Crippen molar-refractivity contribution in [3.05, 3.63) is 88.6 Å². The highest BCUT2D eigenvalue weighted by Gasteiger charge is 2.40. The Morgan fingerprint density at radius 2 is 1.79 bits per heavy atom. The number of carbonyl (C=O) groups excluding carboxylic acids is 1. The summed E-state index contributed by atoms with van der Waals surface area (Å²) < 4.78 is 0. The third kappa shape index (κ3) is 3.50. The maximum atomic E-state index is 12.7. The Morgan fingerprint density at radius 1 is 1.07 bits per heavy atom. The molecule has 0 saturated carbocycles. The monoisotopic (exact) mass is 387 g/mol. The first-order valence-corrected chi connectivity index (χ1v) is 9.30. The number of rotatable bonds is 4. The molecule has 4 rings (SSSR count). The molecule has 1 aliphatic rings. The lowest BCUT2D eigenvalue weighted by molar-refractivity contribution is 0.0852. The van der Waals surface area contributed by atoms with Crippen molar-refractivity contribution < 1.29 is 4.79 Å². The van der Waals surface area contributed by atoms with E-state index >= 15 is 0 Å². The lowest BCUT2D eigenvalue weighted by Crippen LogP contribution is -2.66. The van der Waals surface area contributed by atoms with Crippen molar-refractivity contribution in [1.82, 2.24) is 15.6 Å². The van der Waals surface area contributed by atoms with Crippen molar-refractivity contribution in [2.75, 3.05) is 13.1 Å². The second kappa shape index (κ2) is 7.47. The molecule has 2 heterocycles. The fourth-order valence-corrected chi connectivity index (χ4v) is 3.37. The number of benzene rings is 2. The van der Waals surface area contributed by atoms with Crippen LogP contribution in [0.5, 0.6) is 0 Å². The third-order valence-electron chi connectivity index (χ3n) is 4.98. The van der Waals surface area contributed by atoms with Gasteiger partial charge in [0.25, 0.3) is 5.91 Å². The maximum Gasteiger partial charge on any atom is 0.252 e. The summed E-state index contributed by atoms with van der Waals surface area (Å²) in [7, 11) is 0. The van der Waals surface area contributed by atoms with E-state index in [2.05, 4.69) is 21.5 Å². The summed E-state index contributed by atoms with van der Waals surface area (Å²) >= 11 is 5.91. The van der Waals surface area contributed by atoms with Gasteiger partial charge in [0.2, 0.25) is 0 Å². The lowest BCUT2D eigenvalue weighted by Gasteiger charge is -2.43. The smallest absolute Gasteiger partial charge is 0.252 e. The summed E-state index contributed by atoms with van der Waals surface area (Å²) in [6, 6.07) is 18.9. The van der Waals surface area contributed by atoms with Crippen LogP contribution in [0, 0.1) is 12.3 Å². The van der Waals surface area contributed by atoms with Crippen LogP contribution in [-0.4, -0.2) is 24.0 Å². The Balaban J connectivity index is 1.54. The van der Waals surface area contributed by atoms with Gasteiger partial charge in [0.1, 0.15) is 0 Å². The average Bonchev–Trinajstić information content (AvgIpc) is 2.71. The summed E-state index contributed by atoms with van der Waals surface area (Å²) in [4.78, 5) is 17.1. The van der Waals surface area contributed by atoms with Gasteiger partial charge in [-0.15, -0.1) is 6.42 Å². The first-order chi connectivity index (χ1) is 13.6. The molecule has 0 unspecified atom stereocenters. The first-order valence-electron chi connectivity index (χ1n) is 8.92. The number of aromatic nitrogens is 1. The third-order valence-corrected chi connectivity index (χ3v) is 5.20. The number of hydrogen-bond donors (Lipinski definition) is 2. The maximum absolute atomic E-state index is 12.7. The fraction of sp³-hybridized carbons (Fsp3) is 0.130. The summed E-state index contributed by atoms with van der Waals surface area (Å²) in [5.74, 6) is 2.44. The van der Waals surface area contributed by atoms with Crippen molar-refractivity contribution >= 4 is 17.5 Å². The quantitative estimate of drug-likeness (QED) is 0.672. The van der Waals surface area contributed by atoms with Crippen LogP contribution >= 0.6 is 11.6 Å². The molecule has 2 N–H and O–H groups in total. The molecule has 2 aromatic carbocycles. The molecule has 1 saturated heterocycles. The van der Waals surface area contributed by atoms with Gasteiger partial charge in [0.05, 0.1) is 16.3 Å². The highest BCUT2D eigenvalue weighted by molar-refractivity contribution is 6.30. The molecule has 1 aliphatic heterocycles. The highest BCUT2D eigenvalue weighted by Crippen LogP contribution is 2.28. The molecule has 4 nitrogen and oxygen atoms in total. The van der Waals surface area contributed by atoms with E-state index in [-0.39, 0.29) is 5.91 Å². The SMILES string of the molecule is C#Cc1ccc(C(=O)NC2(c3ccc(-c4ccc(Cl)cn4)cc3)CNC2)cc1. The second-order valence-corrected chi connectivity index (χ2v) is 7.24. The predicted molar refractivity (Wildman–Crippen MR) is 111 cm³/mol. The zero-order valence-corrected chi connectivity index (χ0v) is 15.8. The minimum atomic E-state index is -0.423. The lowest BCUT2D eigenvalue weighted by atomic mass is 9.83. The van der Waals surface area contributed by atoms with Crippen molar-refractivity contribution in [3.8, 4) is 23.6 Å². The van der Waals surface area contributed by atoms with Gasteiger partial charge in [-0.2, -0.15) is 0 Å². The first kappa shape index (κ1) is 18.2. The van der Waals surface area contributed by atoms with E-state index in [1.807, 2.05) is 36.4 Å². The molecular formula is C23H18ClN3O. The van der Waals surface area contributed by atoms with Gasteiger partial charge in [-0.05, 0) is 42.0 Å². The Labute approximate surface area is 169 Å². The Kier molecular flexibility index (Phi) is 4.87. The zero-order valence-electron chi connectivity index (χ0n) is 15.1. The standard InChI is InChI=1S/C23H18ClN3O/c1-2-16-3-5-18(6-4-16)22(28)27-23(14-25-15-23)19-9-7-17(8-10-19)21-12-11-20(24)13-26-21/h1,3-13,25H,14-15H2,(H,27,28). The highest BCUT2D eigenvalue weighted by atomic mass is 35.5. The number of halogens is 1. The van der Waals surface area contributed by atoms with E-state index in [4.69, 9.17) is 18.0 Å². The van der Waals surface area contributed by atoms with E-state index < -0.39 is 5.54 Å². The second-order valence-electron chi connectivity index (χ2n) is 6.80. The van der Waals surface area contributed by atoms with Crippen LogP contribution in [-0.2, 0) is 5.54 Å². The number of nitrogens with zero attached hydrogens (tertiary/aromatic N) is 1. The number of nitrogens with one attached hydrogen (secondary N) is 2. The minimum absolute atomic E-state index is 0.117. The van der Waals surface area contributed by atoms with Crippen LogP contribution in [0.3, 0.4) is 0 Å². The number of pyridine rings is 1. The number of carbonyl (C=O) groups is 1. The van der Waals surface area contributed by atoms with Gasteiger partial charge in [-0.1, -0.05) is 41.8 Å². The van der Waals surface area contributed by atoms with E-state index in [9.17, 15) is 4.79 Å². The van der Waals surface area contributed by atoms with E-state index in [0.717, 1.165) is 22.4 Å². The summed E-state index contributed by atoms with van der Waals surface area (Å²) in [5.41, 5.74) is 3.83. The Hall–Kier alpha value is -3.13.